The van der Waals surface area contributed by atoms with Gasteiger partial charge in [0, 0.05) is 17.7 Å². The number of nitrogens with zero attached hydrogens (tertiary/aromatic N) is 2. The highest BCUT2D eigenvalue weighted by molar-refractivity contribution is 6.44. The van der Waals surface area contributed by atoms with E-state index in [9.17, 15) is 14.4 Å². The van der Waals surface area contributed by atoms with Gasteiger partial charge in [-0.3, -0.25) is 14.4 Å². The first-order chi connectivity index (χ1) is 15.8. The van der Waals surface area contributed by atoms with E-state index in [2.05, 4.69) is 0 Å². The summed E-state index contributed by atoms with van der Waals surface area (Å²) >= 11 is 0. The number of hydrogen-bond acceptors (Lipinski definition) is 7. The highest BCUT2D eigenvalue weighted by Gasteiger charge is 2.52. The molecule has 0 saturated carbocycles. The van der Waals surface area contributed by atoms with Gasteiger partial charge in [-0.05, 0) is 51.3 Å². The van der Waals surface area contributed by atoms with Crippen molar-refractivity contribution in [2.45, 2.75) is 12.5 Å². The highest BCUT2D eigenvalue weighted by Crippen LogP contribution is 2.42. The second-order valence-corrected chi connectivity index (χ2v) is 8.12. The number of Topliss-reactive ketones (excluding diaryl/α,β-unsaturated/α-hetero) is 2. The summed E-state index contributed by atoms with van der Waals surface area (Å²) in [6, 6.07) is 11.1. The average molecular weight is 455 g/mol. The van der Waals surface area contributed by atoms with Gasteiger partial charge >= 0.3 is 0 Å². The van der Waals surface area contributed by atoms with E-state index in [1.807, 2.05) is 25.1 Å². The molecular weight excluding hydrogens is 424 g/mol. The van der Waals surface area contributed by atoms with Crippen molar-refractivity contribution in [2.24, 2.45) is 5.92 Å². The first-order valence-electron chi connectivity index (χ1n) is 10.7. The number of rotatable bonds is 10. The average Bonchev–Trinajstić information content (AvgIpc) is 3.07. The van der Waals surface area contributed by atoms with Crippen LogP contribution in [0.1, 0.15) is 28.4 Å². The molecule has 1 aliphatic heterocycles. The number of benzene rings is 2. The van der Waals surface area contributed by atoms with Crippen molar-refractivity contribution < 1.29 is 28.6 Å². The lowest BCUT2D eigenvalue weighted by Gasteiger charge is -2.28. The van der Waals surface area contributed by atoms with Crippen molar-refractivity contribution in [1.82, 2.24) is 9.80 Å². The zero-order chi connectivity index (χ0) is 24.1. The van der Waals surface area contributed by atoms with E-state index in [1.54, 1.807) is 30.3 Å². The van der Waals surface area contributed by atoms with Crippen LogP contribution >= 0.6 is 0 Å². The Morgan fingerprint density at radius 1 is 0.939 bits per heavy atom. The Hall–Kier alpha value is -3.39. The molecule has 1 heterocycles. The van der Waals surface area contributed by atoms with Crippen LogP contribution in [-0.4, -0.2) is 75.8 Å². The summed E-state index contributed by atoms with van der Waals surface area (Å²) < 4.78 is 16.1. The molecule has 0 N–H and O–H groups in total. The van der Waals surface area contributed by atoms with Gasteiger partial charge in [0.25, 0.3) is 5.91 Å². The third kappa shape index (κ3) is 4.85. The molecule has 8 nitrogen and oxygen atoms in total. The molecule has 0 aromatic heterocycles. The molecule has 0 spiro atoms. The maximum absolute atomic E-state index is 13.6. The fraction of sp³-hybridized carbons (Fsp3) is 0.400. The minimum Gasteiger partial charge on any atom is -0.496 e. The Morgan fingerprint density at radius 2 is 1.61 bits per heavy atom. The maximum atomic E-state index is 13.6. The minimum atomic E-state index is -1.19. The molecule has 2 unspecified atom stereocenters. The SMILES string of the molecule is COc1ccc(C(=O)C2C(=O)C(=O)N(CCCN(C)C)C2c2ccccc2OC)cc1OC. The van der Waals surface area contributed by atoms with Gasteiger partial charge in [0.1, 0.15) is 11.7 Å². The first-order valence-corrected chi connectivity index (χ1v) is 10.7. The molecule has 2 aromatic carbocycles. The second kappa shape index (κ2) is 10.5. The molecule has 2 atom stereocenters. The van der Waals surface area contributed by atoms with Gasteiger partial charge in [-0.25, -0.2) is 0 Å². The largest absolute Gasteiger partial charge is 0.496 e. The zero-order valence-corrected chi connectivity index (χ0v) is 19.7. The predicted octanol–water partition coefficient (Wildman–Crippen LogP) is 2.62. The Bertz CT molecular complexity index is 1040. The molecule has 33 heavy (non-hydrogen) atoms. The monoisotopic (exact) mass is 454 g/mol. The summed E-state index contributed by atoms with van der Waals surface area (Å²) in [4.78, 5) is 43.4. The number of ether oxygens (including phenoxy) is 3. The Kier molecular flexibility index (Phi) is 7.71. The van der Waals surface area contributed by atoms with Gasteiger partial charge in [-0.15, -0.1) is 0 Å². The predicted molar refractivity (Wildman–Crippen MR) is 123 cm³/mol. The van der Waals surface area contributed by atoms with Crippen molar-refractivity contribution in [2.75, 3.05) is 48.5 Å². The van der Waals surface area contributed by atoms with Crippen LogP contribution in [-0.2, 0) is 9.59 Å². The molecule has 2 aromatic rings. The van der Waals surface area contributed by atoms with Gasteiger partial charge in [0.15, 0.2) is 17.3 Å². The zero-order valence-electron chi connectivity index (χ0n) is 19.7. The highest BCUT2D eigenvalue weighted by atomic mass is 16.5. The van der Waals surface area contributed by atoms with Gasteiger partial charge < -0.3 is 24.0 Å². The van der Waals surface area contributed by atoms with Crippen LogP contribution in [0.25, 0.3) is 0 Å². The molecule has 1 saturated heterocycles. The summed E-state index contributed by atoms with van der Waals surface area (Å²) in [6.07, 6.45) is 0.662. The number of amides is 1. The molecule has 176 valence electrons. The Morgan fingerprint density at radius 3 is 2.24 bits per heavy atom. The lowest BCUT2D eigenvalue weighted by molar-refractivity contribution is -0.140. The van der Waals surface area contributed by atoms with E-state index in [1.165, 1.54) is 32.3 Å². The van der Waals surface area contributed by atoms with Crippen molar-refractivity contribution >= 4 is 17.5 Å². The van der Waals surface area contributed by atoms with Gasteiger partial charge in [0.2, 0.25) is 5.78 Å². The topological polar surface area (TPSA) is 85.4 Å². The van der Waals surface area contributed by atoms with Crippen LogP contribution in [0, 0.1) is 5.92 Å². The van der Waals surface area contributed by atoms with Crippen molar-refractivity contribution in [3.63, 3.8) is 0 Å². The molecule has 1 fully saturated rings. The molecule has 8 heteroatoms. The maximum Gasteiger partial charge on any atom is 0.291 e. The van der Waals surface area contributed by atoms with E-state index in [-0.39, 0.29) is 5.56 Å². The van der Waals surface area contributed by atoms with Crippen LogP contribution < -0.4 is 14.2 Å². The van der Waals surface area contributed by atoms with E-state index in [0.717, 1.165) is 6.54 Å². The number of para-hydroxylation sites is 1. The lowest BCUT2D eigenvalue weighted by Crippen LogP contribution is -2.33. The van der Waals surface area contributed by atoms with E-state index >= 15 is 0 Å². The van der Waals surface area contributed by atoms with Crippen LogP contribution in [0.5, 0.6) is 17.2 Å². The number of carbonyl (C=O) groups is 3. The molecule has 1 amide bonds. The summed E-state index contributed by atoms with van der Waals surface area (Å²) in [5.41, 5.74) is 0.900. The van der Waals surface area contributed by atoms with E-state index < -0.39 is 29.4 Å². The molecule has 0 radical (unpaired) electrons. The van der Waals surface area contributed by atoms with Crippen LogP contribution in [0.4, 0.5) is 0 Å². The molecule has 0 aliphatic carbocycles. The molecule has 0 bridgehead atoms. The minimum absolute atomic E-state index is 0.272. The second-order valence-electron chi connectivity index (χ2n) is 8.12. The van der Waals surface area contributed by atoms with E-state index in [4.69, 9.17) is 14.2 Å². The summed E-state index contributed by atoms with van der Waals surface area (Å²) in [5.74, 6) is -1.63. The van der Waals surface area contributed by atoms with E-state index in [0.29, 0.717) is 35.8 Å². The smallest absolute Gasteiger partial charge is 0.291 e. The summed E-state index contributed by atoms with van der Waals surface area (Å²) in [7, 11) is 8.39. The summed E-state index contributed by atoms with van der Waals surface area (Å²) in [5, 5.41) is 0. The first kappa shape index (κ1) is 24.3. The lowest BCUT2D eigenvalue weighted by atomic mass is 9.86. The molecular formula is C25H30N2O6. The third-order valence-corrected chi connectivity index (χ3v) is 5.82. The fourth-order valence-electron chi connectivity index (χ4n) is 4.21. The van der Waals surface area contributed by atoms with Crippen LogP contribution in [0.3, 0.4) is 0 Å². The quantitative estimate of drug-likeness (QED) is 0.310. The van der Waals surface area contributed by atoms with Gasteiger partial charge in [-0.1, -0.05) is 18.2 Å². The van der Waals surface area contributed by atoms with Gasteiger partial charge in [0.05, 0.1) is 27.4 Å². The van der Waals surface area contributed by atoms with Crippen LogP contribution in [0.2, 0.25) is 0 Å². The molecule has 1 aliphatic rings. The standard InChI is InChI=1S/C25H30N2O6/c1-26(2)13-8-14-27-22(17-9-6-7-10-18(17)31-3)21(24(29)25(27)30)23(28)16-11-12-19(32-4)20(15-16)33-5/h6-7,9-12,15,21-22H,8,13-14H2,1-5H3. The van der Waals surface area contributed by atoms with Crippen molar-refractivity contribution in [3.8, 4) is 17.2 Å². The number of methoxy groups -OCH3 is 3. The number of ketones is 2. The van der Waals surface area contributed by atoms with Crippen molar-refractivity contribution in [3.05, 3.63) is 53.6 Å². The van der Waals surface area contributed by atoms with Crippen LogP contribution in [0.15, 0.2) is 42.5 Å². The Labute approximate surface area is 194 Å². The number of carbonyl (C=O) groups excluding carboxylic acids is 3. The molecule has 3 rings (SSSR count). The van der Waals surface area contributed by atoms with Crippen molar-refractivity contribution in [1.29, 1.82) is 0 Å². The number of likely N-dealkylation sites (tertiary alicyclic amines) is 1. The fourth-order valence-corrected chi connectivity index (χ4v) is 4.21. The third-order valence-electron chi connectivity index (χ3n) is 5.82. The Balaban J connectivity index is 2.06. The van der Waals surface area contributed by atoms with Gasteiger partial charge in [-0.2, -0.15) is 0 Å². The summed E-state index contributed by atoms with van der Waals surface area (Å²) in [6.45, 7) is 1.09. The normalized spacial score (nSPS) is 18.1. The number of hydrogen-bond donors (Lipinski definition) is 0.